The van der Waals surface area contributed by atoms with Gasteiger partial charge in [0.2, 0.25) is 0 Å². The van der Waals surface area contributed by atoms with Crippen molar-refractivity contribution in [1.29, 1.82) is 0 Å². The number of nitrogens with two attached hydrogens (primary N) is 1. The van der Waals surface area contributed by atoms with Gasteiger partial charge in [-0.2, -0.15) is 0 Å². The topological polar surface area (TPSA) is 52.3 Å². The summed E-state index contributed by atoms with van der Waals surface area (Å²) >= 11 is 5.34. The van der Waals surface area contributed by atoms with Crippen molar-refractivity contribution < 1.29 is 9.53 Å². The van der Waals surface area contributed by atoms with Crippen molar-refractivity contribution in [3.63, 3.8) is 0 Å². The Hall–Kier alpha value is -2.00. The van der Waals surface area contributed by atoms with Gasteiger partial charge in [0, 0.05) is 17.3 Å². The highest BCUT2D eigenvalue weighted by atomic mass is 35.5. The van der Waals surface area contributed by atoms with Crippen LogP contribution in [0, 0.1) is 0 Å². The van der Waals surface area contributed by atoms with Crippen LogP contribution in [0.15, 0.2) is 48.5 Å². The third-order valence-corrected chi connectivity index (χ3v) is 2.39. The van der Waals surface area contributed by atoms with E-state index >= 15 is 0 Å². The first-order chi connectivity index (χ1) is 8.15. The van der Waals surface area contributed by atoms with Crippen molar-refractivity contribution in [3.8, 4) is 11.5 Å². The molecule has 0 atom stereocenters. The minimum Gasteiger partial charge on any atom is -0.457 e. The molecule has 3 nitrogen and oxygen atoms in total. The second kappa shape index (κ2) is 4.89. The number of ether oxygens (including phenoxy) is 1. The molecule has 0 aliphatic rings. The molecule has 0 heterocycles. The molecule has 2 N–H and O–H groups in total. The Bertz CT molecular complexity index is 537. The van der Waals surface area contributed by atoms with Crippen LogP contribution in [-0.4, -0.2) is 5.24 Å². The van der Waals surface area contributed by atoms with Crippen molar-refractivity contribution in [2.24, 2.45) is 0 Å². The van der Waals surface area contributed by atoms with Gasteiger partial charge in [0.15, 0.2) is 0 Å². The van der Waals surface area contributed by atoms with E-state index in [0.29, 0.717) is 22.7 Å². The molecular weight excluding hydrogens is 238 g/mol. The fraction of sp³-hybridized carbons (Fsp3) is 0. The average molecular weight is 248 g/mol. The minimum absolute atomic E-state index is 0.437. The van der Waals surface area contributed by atoms with Crippen molar-refractivity contribution in [3.05, 3.63) is 54.1 Å². The molecule has 0 aliphatic heterocycles. The summed E-state index contributed by atoms with van der Waals surface area (Å²) in [4.78, 5) is 10.9. The van der Waals surface area contributed by atoms with E-state index in [9.17, 15) is 4.79 Å². The number of carbonyl (C=O) groups is 1. The van der Waals surface area contributed by atoms with Gasteiger partial charge in [0.1, 0.15) is 11.5 Å². The van der Waals surface area contributed by atoms with Gasteiger partial charge in [-0.15, -0.1) is 0 Å². The van der Waals surface area contributed by atoms with E-state index in [1.165, 1.54) is 0 Å². The van der Waals surface area contributed by atoms with E-state index < -0.39 is 5.24 Å². The molecule has 4 heteroatoms. The summed E-state index contributed by atoms with van der Waals surface area (Å²) in [6, 6.07) is 13.7. The molecule has 0 fully saturated rings. The zero-order chi connectivity index (χ0) is 12.3. The van der Waals surface area contributed by atoms with Gasteiger partial charge in [-0.25, -0.2) is 0 Å². The summed E-state index contributed by atoms with van der Waals surface area (Å²) < 4.78 is 5.56. The zero-order valence-corrected chi connectivity index (χ0v) is 9.65. The zero-order valence-electron chi connectivity index (χ0n) is 8.89. The Morgan fingerprint density at radius 3 is 2.35 bits per heavy atom. The highest BCUT2D eigenvalue weighted by molar-refractivity contribution is 6.67. The van der Waals surface area contributed by atoms with Gasteiger partial charge in [-0.05, 0) is 48.0 Å². The molecule has 2 rings (SSSR count). The maximum atomic E-state index is 10.9. The standard InChI is InChI=1S/C13H10ClNO2/c14-13(16)9-4-6-11(7-5-9)17-12-3-1-2-10(15)8-12/h1-8H,15H2. The molecule has 2 aromatic carbocycles. The number of rotatable bonds is 3. The fourth-order valence-electron chi connectivity index (χ4n) is 1.37. The van der Waals surface area contributed by atoms with Crippen LogP contribution in [0.4, 0.5) is 5.69 Å². The summed E-state index contributed by atoms with van der Waals surface area (Å²) in [5.74, 6) is 1.27. The van der Waals surface area contributed by atoms with Crippen molar-refractivity contribution in [2.45, 2.75) is 0 Å². The van der Waals surface area contributed by atoms with Crippen LogP contribution in [0.5, 0.6) is 11.5 Å². The van der Waals surface area contributed by atoms with Crippen LogP contribution in [0.25, 0.3) is 0 Å². The maximum Gasteiger partial charge on any atom is 0.252 e. The van der Waals surface area contributed by atoms with E-state index in [1.807, 2.05) is 0 Å². The Kier molecular flexibility index (Phi) is 3.30. The average Bonchev–Trinajstić information content (AvgIpc) is 2.29. The van der Waals surface area contributed by atoms with Gasteiger partial charge >= 0.3 is 0 Å². The normalized spacial score (nSPS) is 9.94. The number of nitrogen functional groups attached to an aromatic ring is 1. The first kappa shape index (κ1) is 11.5. The van der Waals surface area contributed by atoms with Gasteiger partial charge in [-0.1, -0.05) is 6.07 Å². The van der Waals surface area contributed by atoms with E-state index in [1.54, 1.807) is 48.5 Å². The lowest BCUT2D eigenvalue weighted by Gasteiger charge is -2.06. The predicted octanol–water partition coefficient (Wildman–Crippen LogP) is 3.44. The molecule has 0 aromatic heterocycles. The van der Waals surface area contributed by atoms with Gasteiger partial charge in [0.25, 0.3) is 5.24 Å². The number of anilines is 1. The van der Waals surface area contributed by atoms with Crippen LogP contribution in [-0.2, 0) is 0 Å². The van der Waals surface area contributed by atoms with Crippen molar-refractivity contribution in [1.82, 2.24) is 0 Å². The lowest BCUT2D eigenvalue weighted by atomic mass is 10.2. The van der Waals surface area contributed by atoms with E-state index in [-0.39, 0.29) is 0 Å². The molecule has 86 valence electrons. The quantitative estimate of drug-likeness (QED) is 0.668. The third-order valence-electron chi connectivity index (χ3n) is 2.18. The molecule has 0 saturated carbocycles. The molecule has 0 unspecified atom stereocenters. The Morgan fingerprint density at radius 2 is 1.76 bits per heavy atom. The highest BCUT2D eigenvalue weighted by Gasteiger charge is 2.02. The summed E-state index contributed by atoms with van der Waals surface area (Å²) in [5.41, 5.74) is 6.70. The third kappa shape index (κ3) is 2.98. The Labute approximate surface area is 104 Å². The first-order valence-corrected chi connectivity index (χ1v) is 5.36. The molecule has 0 saturated heterocycles. The fourth-order valence-corrected chi connectivity index (χ4v) is 1.49. The summed E-state index contributed by atoms with van der Waals surface area (Å²) in [6.45, 7) is 0. The van der Waals surface area contributed by atoms with Gasteiger partial charge in [-0.3, -0.25) is 4.79 Å². The highest BCUT2D eigenvalue weighted by Crippen LogP contribution is 2.23. The maximum absolute atomic E-state index is 10.9. The SMILES string of the molecule is Nc1cccc(Oc2ccc(C(=O)Cl)cc2)c1. The summed E-state index contributed by atoms with van der Waals surface area (Å²) in [6.07, 6.45) is 0. The number of hydrogen-bond donors (Lipinski definition) is 1. The Morgan fingerprint density at radius 1 is 1.06 bits per heavy atom. The number of benzene rings is 2. The van der Waals surface area contributed by atoms with E-state index in [4.69, 9.17) is 22.1 Å². The Balaban J connectivity index is 2.16. The van der Waals surface area contributed by atoms with Gasteiger partial charge < -0.3 is 10.5 Å². The predicted molar refractivity (Wildman–Crippen MR) is 67.6 cm³/mol. The van der Waals surface area contributed by atoms with Crippen molar-refractivity contribution in [2.75, 3.05) is 5.73 Å². The van der Waals surface area contributed by atoms with E-state index in [2.05, 4.69) is 0 Å². The summed E-state index contributed by atoms with van der Waals surface area (Å²) in [5, 5.41) is -0.486. The second-order valence-electron chi connectivity index (χ2n) is 3.47. The molecular formula is C13H10ClNO2. The molecule has 0 spiro atoms. The van der Waals surface area contributed by atoms with Crippen LogP contribution >= 0.6 is 11.6 Å². The van der Waals surface area contributed by atoms with Crippen LogP contribution in [0.1, 0.15) is 10.4 Å². The van der Waals surface area contributed by atoms with Gasteiger partial charge in [0.05, 0.1) is 0 Å². The molecule has 0 radical (unpaired) electrons. The summed E-state index contributed by atoms with van der Waals surface area (Å²) in [7, 11) is 0. The molecule has 0 bridgehead atoms. The lowest BCUT2D eigenvalue weighted by molar-refractivity contribution is 0.108. The van der Waals surface area contributed by atoms with E-state index in [0.717, 1.165) is 0 Å². The lowest BCUT2D eigenvalue weighted by Crippen LogP contribution is -1.90. The molecule has 2 aromatic rings. The first-order valence-electron chi connectivity index (χ1n) is 4.98. The smallest absolute Gasteiger partial charge is 0.252 e. The number of halogens is 1. The molecule has 0 amide bonds. The van der Waals surface area contributed by atoms with Crippen LogP contribution in [0.2, 0.25) is 0 Å². The molecule has 17 heavy (non-hydrogen) atoms. The number of carbonyl (C=O) groups excluding carboxylic acids is 1. The molecule has 0 aliphatic carbocycles. The monoisotopic (exact) mass is 247 g/mol. The number of hydrogen-bond acceptors (Lipinski definition) is 3. The largest absolute Gasteiger partial charge is 0.457 e. The van der Waals surface area contributed by atoms with Crippen LogP contribution < -0.4 is 10.5 Å². The van der Waals surface area contributed by atoms with Crippen molar-refractivity contribution >= 4 is 22.5 Å². The minimum atomic E-state index is -0.486. The second-order valence-corrected chi connectivity index (χ2v) is 3.82. The van der Waals surface area contributed by atoms with Crippen LogP contribution in [0.3, 0.4) is 0 Å².